The zero-order valence-electron chi connectivity index (χ0n) is 14.1. The van der Waals surface area contributed by atoms with Crippen molar-refractivity contribution in [1.29, 1.82) is 0 Å². The Hall–Kier alpha value is -1.60. The molecule has 1 aliphatic heterocycles. The van der Waals surface area contributed by atoms with Gasteiger partial charge in [-0.3, -0.25) is 4.79 Å². The highest BCUT2D eigenvalue weighted by Gasteiger charge is 2.37. The maximum absolute atomic E-state index is 12.7. The topological polar surface area (TPSA) is 66.9 Å². The second-order valence-corrected chi connectivity index (χ2v) is 7.98. The molecule has 2 rings (SSSR count). The molecule has 0 unspecified atom stereocenters. The van der Waals surface area contributed by atoms with E-state index in [9.17, 15) is 13.2 Å². The van der Waals surface area contributed by atoms with Gasteiger partial charge in [-0.1, -0.05) is 17.7 Å². The summed E-state index contributed by atoms with van der Waals surface area (Å²) < 4.78 is 30.3. The Kier molecular flexibility index (Phi) is 5.31. The summed E-state index contributed by atoms with van der Waals surface area (Å²) >= 11 is 0. The number of ether oxygens (including phenoxy) is 1. The third-order valence-electron chi connectivity index (χ3n) is 4.13. The highest BCUT2D eigenvalue weighted by molar-refractivity contribution is 7.88. The summed E-state index contributed by atoms with van der Waals surface area (Å²) in [5.41, 5.74) is 1.99. The molecule has 1 heterocycles. The fourth-order valence-electron chi connectivity index (χ4n) is 3.00. The summed E-state index contributed by atoms with van der Waals surface area (Å²) in [6.07, 6.45) is 2.44. The van der Waals surface area contributed by atoms with Crippen LogP contribution < -0.4 is 4.74 Å². The van der Waals surface area contributed by atoms with Crippen LogP contribution in [0.4, 0.5) is 0 Å². The predicted octanol–water partition coefficient (Wildman–Crippen LogP) is 1.39. The first kappa shape index (κ1) is 17.7. The van der Waals surface area contributed by atoms with Crippen LogP contribution in [0.15, 0.2) is 18.2 Å². The van der Waals surface area contributed by atoms with Gasteiger partial charge in [0.1, 0.15) is 11.8 Å². The molecular formula is C16H24N2O4S. The Bertz CT molecular complexity index is 687. The second-order valence-electron chi connectivity index (χ2n) is 6.04. The lowest BCUT2D eigenvalue weighted by Gasteiger charge is -2.27. The van der Waals surface area contributed by atoms with Crippen LogP contribution in [0.2, 0.25) is 0 Å². The van der Waals surface area contributed by atoms with Gasteiger partial charge in [0.05, 0.1) is 13.4 Å². The number of methoxy groups -OCH3 is 1. The number of sulfonamides is 1. The van der Waals surface area contributed by atoms with Crippen LogP contribution >= 0.6 is 0 Å². The Morgan fingerprint density at radius 1 is 1.43 bits per heavy atom. The van der Waals surface area contributed by atoms with Gasteiger partial charge in [0.25, 0.3) is 0 Å². The second kappa shape index (κ2) is 6.88. The molecule has 1 saturated heterocycles. The standard InChI is InChI=1S/C16H24N2O4S/c1-12-7-8-15(22-3)13(10-12)11-17(2)16(19)14-6-5-9-18(14)23(4,20)21/h7-8,10,14H,5-6,9,11H2,1-4H3/t14-/m1/s1. The number of amides is 1. The van der Waals surface area contributed by atoms with E-state index in [4.69, 9.17) is 4.74 Å². The van der Waals surface area contributed by atoms with Gasteiger partial charge in [0, 0.05) is 25.7 Å². The summed E-state index contributed by atoms with van der Waals surface area (Å²) in [5.74, 6) is 0.554. The minimum atomic E-state index is -3.36. The Labute approximate surface area is 138 Å². The number of hydrogen-bond donors (Lipinski definition) is 0. The summed E-state index contributed by atoms with van der Waals surface area (Å²) in [4.78, 5) is 14.2. The fourth-order valence-corrected chi connectivity index (χ4v) is 4.12. The van der Waals surface area contributed by atoms with E-state index in [1.807, 2.05) is 25.1 Å². The number of rotatable bonds is 5. The lowest BCUT2D eigenvalue weighted by atomic mass is 10.1. The van der Waals surface area contributed by atoms with E-state index in [1.54, 1.807) is 19.1 Å². The van der Waals surface area contributed by atoms with Gasteiger partial charge in [0.2, 0.25) is 15.9 Å². The average molecular weight is 340 g/mol. The third kappa shape index (κ3) is 4.03. The lowest BCUT2D eigenvalue weighted by molar-refractivity contribution is -0.133. The molecule has 6 nitrogen and oxygen atoms in total. The van der Waals surface area contributed by atoms with E-state index in [-0.39, 0.29) is 5.91 Å². The van der Waals surface area contributed by atoms with E-state index >= 15 is 0 Å². The molecule has 0 radical (unpaired) electrons. The van der Waals surface area contributed by atoms with Gasteiger partial charge in [0.15, 0.2) is 0 Å². The summed E-state index contributed by atoms with van der Waals surface area (Å²) in [7, 11) is -0.0686. The SMILES string of the molecule is COc1ccc(C)cc1CN(C)C(=O)[C@H]1CCCN1S(C)(=O)=O. The average Bonchev–Trinajstić information content (AvgIpc) is 2.96. The van der Waals surface area contributed by atoms with Crippen LogP contribution in [0.25, 0.3) is 0 Å². The smallest absolute Gasteiger partial charge is 0.241 e. The van der Waals surface area contributed by atoms with E-state index < -0.39 is 16.1 Å². The van der Waals surface area contributed by atoms with Crippen LogP contribution in [0.3, 0.4) is 0 Å². The number of likely N-dealkylation sites (N-methyl/N-ethyl adjacent to an activating group) is 1. The number of hydrogen-bond acceptors (Lipinski definition) is 4. The first-order valence-corrected chi connectivity index (χ1v) is 9.44. The molecule has 0 bridgehead atoms. The van der Waals surface area contributed by atoms with E-state index in [1.165, 1.54) is 4.31 Å². The molecule has 1 aliphatic rings. The van der Waals surface area contributed by atoms with Crippen molar-refractivity contribution in [2.24, 2.45) is 0 Å². The van der Waals surface area contributed by atoms with Crippen molar-refractivity contribution >= 4 is 15.9 Å². The van der Waals surface area contributed by atoms with Crippen molar-refractivity contribution in [3.8, 4) is 5.75 Å². The molecule has 0 N–H and O–H groups in total. The van der Waals surface area contributed by atoms with Crippen LogP contribution in [0.5, 0.6) is 5.75 Å². The van der Waals surface area contributed by atoms with Gasteiger partial charge in [-0.05, 0) is 25.8 Å². The minimum absolute atomic E-state index is 0.170. The van der Waals surface area contributed by atoms with Crippen molar-refractivity contribution in [2.45, 2.75) is 32.4 Å². The molecule has 0 aromatic heterocycles. The largest absolute Gasteiger partial charge is 0.496 e. The van der Waals surface area contributed by atoms with Gasteiger partial charge in [-0.15, -0.1) is 0 Å². The first-order chi connectivity index (χ1) is 10.7. The zero-order chi connectivity index (χ0) is 17.2. The van der Waals surface area contributed by atoms with E-state index in [0.29, 0.717) is 25.9 Å². The number of carbonyl (C=O) groups excluding carboxylic acids is 1. The van der Waals surface area contributed by atoms with Crippen molar-refractivity contribution in [3.05, 3.63) is 29.3 Å². The van der Waals surface area contributed by atoms with Gasteiger partial charge in [-0.2, -0.15) is 4.31 Å². The molecule has 128 valence electrons. The monoisotopic (exact) mass is 340 g/mol. The molecule has 1 aromatic carbocycles. The van der Waals surface area contributed by atoms with Gasteiger partial charge < -0.3 is 9.64 Å². The van der Waals surface area contributed by atoms with Crippen molar-refractivity contribution in [1.82, 2.24) is 9.21 Å². The normalized spacial score (nSPS) is 18.9. The van der Waals surface area contributed by atoms with Crippen molar-refractivity contribution in [2.75, 3.05) is 27.0 Å². The Morgan fingerprint density at radius 3 is 2.74 bits per heavy atom. The molecule has 0 spiro atoms. The lowest BCUT2D eigenvalue weighted by Crippen LogP contribution is -2.45. The maximum atomic E-state index is 12.7. The number of carbonyl (C=O) groups is 1. The molecule has 23 heavy (non-hydrogen) atoms. The van der Waals surface area contributed by atoms with Gasteiger partial charge in [-0.25, -0.2) is 8.42 Å². The minimum Gasteiger partial charge on any atom is -0.496 e. The Morgan fingerprint density at radius 2 is 2.13 bits per heavy atom. The maximum Gasteiger partial charge on any atom is 0.241 e. The van der Waals surface area contributed by atoms with Crippen LogP contribution in [-0.2, 0) is 21.4 Å². The summed E-state index contributed by atoms with van der Waals surface area (Å²) in [6, 6.07) is 5.21. The summed E-state index contributed by atoms with van der Waals surface area (Å²) in [5, 5.41) is 0. The van der Waals surface area contributed by atoms with Gasteiger partial charge >= 0.3 is 0 Å². The molecule has 1 atom stereocenters. The quantitative estimate of drug-likeness (QED) is 0.812. The third-order valence-corrected chi connectivity index (χ3v) is 5.42. The zero-order valence-corrected chi connectivity index (χ0v) is 14.9. The van der Waals surface area contributed by atoms with Crippen LogP contribution in [-0.4, -0.2) is 56.5 Å². The molecule has 1 amide bonds. The predicted molar refractivity (Wildman–Crippen MR) is 88.8 cm³/mol. The number of aryl methyl sites for hydroxylation is 1. The van der Waals surface area contributed by atoms with Crippen LogP contribution in [0.1, 0.15) is 24.0 Å². The van der Waals surface area contributed by atoms with Crippen molar-refractivity contribution < 1.29 is 17.9 Å². The molecule has 0 aliphatic carbocycles. The first-order valence-electron chi connectivity index (χ1n) is 7.59. The number of nitrogens with zero attached hydrogens (tertiary/aromatic N) is 2. The summed E-state index contributed by atoms with van der Waals surface area (Å²) in [6.45, 7) is 2.78. The molecular weight excluding hydrogens is 316 g/mol. The van der Waals surface area contributed by atoms with Crippen LogP contribution in [0, 0.1) is 6.92 Å². The van der Waals surface area contributed by atoms with E-state index in [0.717, 1.165) is 23.1 Å². The highest BCUT2D eigenvalue weighted by atomic mass is 32.2. The highest BCUT2D eigenvalue weighted by Crippen LogP contribution is 2.25. The molecule has 1 fully saturated rings. The molecule has 1 aromatic rings. The molecule has 7 heteroatoms. The fraction of sp³-hybridized carbons (Fsp3) is 0.562. The molecule has 0 saturated carbocycles. The van der Waals surface area contributed by atoms with E-state index in [2.05, 4.69) is 0 Å². The number of benzene rings is 1. The Balaban J connectivity index is 2.16. The van der Waals surface area contributed by atoms with Crippen molar-refractivity contribution in [3.63, 3.8) is 0 Å².